The predicted molar refractivity (Wildman–Crippen MR) is 110 cm³/mol. The second-order valence-corrected chi connectivity index (χ2v) is 6.24. The molecule has 3 rings (SSSR count). The van der Waals surface area contributed by atoms with Crippen LogP contribution < -0.4 is 9.47 Å². The molecule has 3 aromatic carbocycles. The van der Waals surface area contributed by atoms with Crippen molar-refractivity contribution in [3.8, 4) is 22.6 Å². The van der Waals surface area contributed by atoms with Crippen LogP contribution in [0.2, 0.25) is 0 Å². The van der Waals surface area contributed by atoms with E-state index in [0.29, 0.717) is 5.75 Å². The molecule has 5 nitrogen and oxygen atoms in total. The van der Waals surface area contributed by atoms with Gasteiger partial charge in [0, 0.05) is 6.21 Å². The van der Waals surface area contributed by atoms with Crippen LogP contribution in [0.15, 0.2) is 71.7 Å². The molecule has 0 heterocycles. The number of aliphatic imine (C=N–C) groups is 1. The van der Waals surface area contributed by atoms with E-state index < -0.39 is 5.97 Å². The van der Waals surface area contributed by atoms with E-state index in [4.69, 9.17) is 14.6 Å². The van der Waals surface area contributed by atoms with E-state index in [-0.39, 0.29) is 6.61 Å². The number of ether oxygens (including phenoxy) is 2. The Morgan fingerprint density at radius 1 is 1.04 bits per heavy atom. The van der Waals surface area contributed by atoms with Crippen LogP contribution in [0.3, 0.4) is 0 Å². The summed E-state index contributed by atoms with van der Waals surface area (Å²) < 4.78 is 10.4. The highest BCUT2D eigenvalue weighted by molar-refractivity contribution is 5.84. The SMILES string of the molecule is COc1ccc(-c2cccc(/C=N/c3ccc(OCC(=O)O)cc3)c2)c(C)c1. The average molecular weight is 375 g/mol. The van der Waals surface area contributed by atoms with Crippen LogP contribution in [0.4, 0.5) is 5.69 Å². The third-order valence-corrected chi connectivity index (χ3v) is 4.19. The first kappa shape index (κ1) is 19.2. The van der Waals surface area contributed by atoms with Gasteiger partial charge < -0.3 is 14.6 Å². The standard InChI is InChI=1S/C23H21NO4/c1-16-12-21(27-2)10-11-22(16)18-5-3-4-17(13-18)14-24-19-6-8-20(9-7-19)28-15-23(25)26/h3-14H,15H2,1-2H3,(H,25,26)/b24-14+. The van der Waals surface area contributed by atoms with Gasteiger partial charge in [0.2, 0.25) is 0 Å². The van der Waals surface area contributed by atoms with Gasteiger partial charge in [-0.3, -0.25) is 4.99 Å². The second kappa shape index (κ2) is 8.86. The monoisotopic (exact) mass is 375 g/mol. The molecule has 0 fully saturated rings. The van der Waals surface area contributed by atoms with Gasteiger partial charge in [-0.05, 0) is 71.6 Å². The summed E-state index contributed by atoms with van der Waals surface area (Å²) in [6.07, 6.45) is 1.80. The number of hydrogen-bond donors (Lipinski definition) is 1. The summed E-state index contributed by atoms with van der Waals surface area (Å²) in [7, 11) is 1.66. The molecule has 0 aliphatic carbocycles. The number of benzene rings is 3. The van der Waals surface area contributed by atoms with Crippen molar-refractivity contribution >= 4 is 17.9 Å². The minimum Gasteiger partial charge on any atom is -0.497 e. The molecule has 0 unspecified atom stereocenters. The Bertz CT molecular complexity index is 994. The van der Waals surface area contributed by atoms with Gasteiger partial charge in [-0.1, -0.05) is 24.3 Å². The van der Waals surface area contributed by atoms with Crippen LogP contribution in [0.25, 0.3) is 11.1 Å². The topological polar surface area (TPSA) is 68.1 Å². The lowest BCUT2D eigenvalue weighted by atomic mass is 9.99. The van der Waals surface area contributed by atoms with Crippen molar-refractivity contribution in [3.63, 3.8) is 0 Å². The maximum atomic E-state index is 10.5. The molecule has 0 aliphatic heterocycles. The number of rotatable bonds is 7. The summed E-state index contributed by atoms with van der Waals surface area (Å²) in [5.74, 6) is 0.335. The first-order valence-electron chi connectivity index (χ1n) is 8.79. The van der Waals surface area contributed by atoms with E-state index in [1.807, 2.05) is 24.3 Å². The summed E-state index contributed by atoms with van der Waals surface area (Å²) >= 11 is 0. The van der Waals surface area contributed by atoms with Crippen molar-refractivity contribution in [2.45, 2.75) is 6.92 Å². The minimum absolute atomic E-state index is 0.361. The third-order valence-electron chi connectivity index (χ3n) is 4.19. The zero-order valence-corrected chi connectivity index (χ0v) is 15.8. The number of methoxy groups -OCH3 is 1. The van der Waals surface area contributed by atoms with Crippen LogP contribution in [0, 0.1) is 6.92 Å². The molecule has 0 radical (unpaired) electrons. The number of nitrogens with zero attached hydrogens (tertiary/aromatic N) is 1. The van der Waals surface area contributed by atoms with Crippen molar-refractivity contribution in [3.05, 3.63) is 77.9 Å². The molecule has 0 bridgehead atoms. The van der Waals surface area contributed by atoms with Gasteiger partial charge in [-0.2, -0.15) is 0 Å². The maximum absolute atomic E-state index is 10.5. The zero-order valence-electron chi connectivity index (χ0n) is 15.8. The van der Waals surface area contributed by atoms with Gasteiger partial charge >= 0.3 is 5.97 Å². The fourth-order valence-corrected chi connectivity index (χ4v) is 2.80. The second-order valence-electron chi connectivity index (χ2n) is 6.24. The molecule has 0 aromatic heterocycles. The molecule has 5 heteroatoms. The Balaban J connectivity index is 1.75. The van der Waals surface area contributed by atoms with E-state index in [1.165, 1.54) is 0 Å². The summed E-state index contributed by atoms with van der Waals surface area (Å²) in [5, 5.41) is 8.63. The van der Waals surface area contributed by atoms with Gasteiger partial charge in [0.15, 0.2) is 6.61 Å². The Kier molecular flexibility index (Phi) is 6.07. The van der Waals surface area contributed by atoms with Crippen molar-refractivity contribution < 1.29 is 19.4 Å². The lowest BCUT2D eigenvalue weighted by Crippen LogP contribution is -2.09. The maximum Gasteiger partial charge on any atom is 0.341 e. The molecule has 28 heavy (non-hydrogen) atoms. The molecule has 1 N–H and O–H groups in total. The smallest absolute Gasteiger partial charge is 0.341 e. The highest BCUT2D eigenvalue weighted by Crippen LogP contribution is 2.27. The number of carboxylic acid groups (broad SMARTS) is 1. The molecular weight excluding hydrogens is 354 g/mol. The molecule has 3 aromatic rings. The average Bonchev–Trinajstić information content (AvgIpc) is 2.71. The molecule has 0 aliphatic rings. The number of carboxylic acids is 1. The van der Waals surface area contributed by atoms with Gasteiger partial charge in [0.25, 0.3) is 0 Å². The van der Waals surface area contributed by atoms with Crippen LogP contribution in [0.1, 0.15) is 11.1 Å². The fraction of sp³-hybridized carbons (Fsp3) is 0.130. The van der Waals surface area contributed by atoms with E-state index in [0.717, 1.165) is 33.7 Å². The van der Waals surface area contributed by atoms with E-state index in [2.05, 4.69) is 30.1 Å². The summed E-state index contributed by atoms with van der Waals surface area (Å²) in [4.78, 5) is 15.0. The molecule has 0 saturated carbocycles. The number of carbonyl (C=O) groups is 1. The first-order chi connectivity index (χ1) is 13.5. The summed E-state index contributed by atoms with van der Waals surface area (Å²) in [6, 6.07) is 21.2. The predicted octanol–water partition coefficient (Wildman–Crippen LogP) is 4.88. The van der Waals surface area contributed by atoms with Crippen LogP contribution in [-0.4, -0.2) is 31.0 Å². The molecule has 0 spiro atoms. The third kappa shape index (κ3) is 4.98. The molecule has 0 amide bonds. The highest BCUT2D eigenvalue weighted by atomic mass is 16.5. The quantitative estimate of drug-likeness (QED) is 0.597. The van der Waals surface area contributed by atoms with Gasteiger partial charge in [-0.15, -0.1) is 0 Å². The molecule has 142 valence electrons. The van der Waals surface area contributed by atoms with Crippen molar-refractivity contribution in [1.29, 1.82) is 0 Å². The van der Waals surface area contributed by atoms with Gasteiger partial charge in [-0.25, -0.2) is 4.79 Å². The largest absolute Gasteiger partial charge is 0.497 e. The first-order valence-corrected chi connectivity index (χ1v) is 8.79. The highest BCUT2D eigenvalue weighted by Gasteiger charge is 2.04. The number of aryl methyl sites for hydroxylation is 1. The Labute approximate surface area is 163 Å². The fourth-order valence-electron chi connectivity index (χ4n) is 2.80. The Morgan fingerprint density at radius 2 is 1.79 bits per heavy atom. The normalized spacial score (nSPS) is 10.8. The van der Waals surface area contributed by atoms with E-state index in [9.17, 15) is 4.79 Å². The molecule has 0 saturated heterocycles. The minimum atomic E-state index is -1.01. The van der Waals surface area contributed by atoms with Crippen molar-refractivity contribution in [2.24, 2.45) is 4.99 Å². The van der Waals surface area contributed by atoms with Crippen LogP contribution >= 0.6 is 0 Å². The number of aliphatic carboxylic acids is 1. The van der Waals surface area contributed by atoms with Crippen LogP contribution in [-0.2, 0) is 4.79 Å². The van der Waals surface area contributed by atoms with Gasteiger partial charge in [0.1, 0.15) is 11.5 Å². The Morgan fingerprint density at radius 3 is 2.46 bits per heavy atom. The lowest BCUT2D eigenvalue weighted by molar-refractivity contribution is -0.139. The molecule has 0 atom stereocenters. The molecular formula is C23H21NO4. The van der Waals surface area contributed by atoms with Gasteiger partial charge in [0.05, 0.1) is 12.8 Å². The lowest BCUT2D eigenvalue weighted by Gasteiger charge is -2.09. The van der Waals surface area contributed by atoms with Crippen molar-refractivity contribution in [1.82, 2.24) is 0 Å². The van der Waals surface area contributed by atoms with E-state index in [1.54, 1.807) is 37.6 Å². The number of hydrogen-bond acceptors (Lipinski definition) is 4. The van der Waals surface area contributed by atoms with E-state index >= 15 is 0 Å². The Hall–Kier alpha value is -3.60. The van der Waals surface area contributed by atoms with Crippen molar-refractivity contribution in [2.75, 3.05) is 13.7 Å². The van der Waals surface area contributed by atoms with Crippen LogP contribution in [0.5, 0.6) is 11.5 Å². The zero-order chi connectivity index (χ0) is 19.9. The summed E-state index contributed by atoms with van der Waals surface area (Å²) in [5.41, 5.74) is 5.15. The summed E-state index contributed by atoms with van der Waals surface area (Å²) in [6.45, 7) is 1.70.